The molecule has 1 aromatic heterocycles. The molecule has 0 aliphatic rings. The van der Waals surface area contributed by atoms with Crippen molar-refractivity contribution >= 4 is 39.8 Å². The number of amides is 1. The summed E-state index contributed by atoms with van der Waals surface area (Å²) in [4.78, 5) is 21.2. The summed E-state index contributed by atoms with van der Waals surface area (Å²) in [5.41, 5.74) is 2.88. The van der Waals surface area contributed by atoms with Gasteiger partial charge in [-0.15, -0.1) is 11.8 Å². The Morgan fingerprint density at radius 3 is 2.44 bits per heavy atom. The zero-order valence-electron chi connectivity index (χ0n) is 15.9. The predicted molar refractivity (Wildman–Crippen MR) is 115 cm³/mol. The second-order valence-corrected chi connectivity index (χ2v) is 8.13. The number of hydrogen-bond donors (Lipinski definition) is 1. The summed E-state index contributed by atoms with van der Waals surface area (Å²) < 4.78 is 0. The topological polar surface area (TPSA) is 45.2 Å². The first-order valence-electron chi connectivity index (χ1n) is 8.70. The van der Waals surface area contributed by atoms with Gasteiger partial charge in [-0.3, -0.25) is 4.79 Å². The van der Waals surface area contributed by atoms with Crippen molar-refractivity contribution in [3.05, 3.63) is 70.7 Å². The highest BCUT2D eigenvalue weighted by molar-refractivity contribution is 7.98. The molecule has 1 heterocycles. The van der Waals surface area contributed by atoms with Crippen molar-refractivity contribution in [1.82, 2.24) is 10.3 Å². The van der Waals surface area contributed by atoms with E-state index in [2.05, 4.69) is 40.8 Å². The number of aromatic nitrogens is 1. The molecule has 0 saturated carbocycles. The summed E-state index contributed by atoms with van der Waals surface area (Å²) in [5, 5.41) is 3.90. The molecule has 0 fully saturated rings. The Labute approximate surface area is 168 Å². The highest BCUT2D eigenvalue weighted by atomic mass is 32.2. The maximum atomic E-state index is 12.8. The molecule has 3 aromatic rings. The molecule has 0 unspecified atom stereocenters. The summed E-state index contributed by atoms with van der Waals surface area (Å²) >= 11 is 3.12. The van der Waals surface area contributed by atoms with Gasteiger partial charge in [-0.25, -0.2) is 4.98 Å². The van der Waals surface area contributed by atoms with Gasteiger partial charge in [-0.2, -0.15) is 0 Å². The molecule has 6 heteroatoms. The molecule has 0 radical (unpaired) electrons. The standard InChI is InChI=1S/C21H23N3OS2/c1-14(16-10-12-18(26-4)13-11-16)22-20(25)19-15(2)23-21(27-19)24(3)17-8-6-5-7-9-17/h5-14H,1-4H3,(H,22,25)/t14-/m1/s1. The van der Waals surface area contributed by atoms with Gasteiger partial charge in [-0.05, 0) is 49.9 Å². The maximum Gasteiger partial charge on any atom is 0.263 e. The van der Waals surface area contributed by atoms with Crippen LogP contribution in [-0.4, -0.2) is 24.2 Å². The van der Waals surface area contributed by atoms with E-state index in [1.54, 1.807) is 11.8 Å². The van der Waals surface area contributed by atoms with Gasteiger partial charge in [-0.1, -0.05) is 41.7 Å². The second-order valence-electron chi connectivity index (χ2n) is 6.27. The average Bonchev–Trinajstić information content (AvgIpc) is 3.10. The quantitative estimate of drug-likeness (QED) is 0.563. The van der Waals surface area contributed by atoms with Gasteiger partial charge in [0.15, 0.2) is 5.13 Å². The Bertz CT molecular complexity index is 907. The molecule has 1 N–H and O–H groups in total. The minimum atomic E-state index is -0.0841. The number of hydrogen-bond acceptors (Lipinski definition) is 5. The van der Waals surface area contributed by atoms with Crippen LogP contribution in [0, 0.1) is 6.92 Å². The van der Waals surface area contributed by atoms with Crippen LogP contribution in [0.2, 0.25) is 0 Å². The lowest BCUT2D eigenvalue weighted by atomic mass is 10.1. The van der Waals surface area contributed by atoms with Crippen LogP contribution in [0.5, 0.6) is 0 Å². The van der Waals surface area contributed by atoms with Crippen molar-refractivity contribution in [2.75, 3.05) is 18.2 Å². The largest absolute Gasteiger partial charge is 0.345 e. The minimum Gasteiger partial charge on any atom is -0.345 e. The predicted octanol–water partition coefficient (Wildman–Crippen LogP) is 5.43. The van der Waals surface area contributed by atoms with Gasteiger partial charge in [0.1, 0.15) is 4.88 Å². The number of anilines is 2. The van der Waals surface area contributed by atoms with Crippen molar-refractivity contribution in [2.45, 2.75) is 24.8 Å². The normalized spacial score (nSPS) is 11.9. The Morgan fingerprint density at radius 2 is 1.81 bits per heavy atom. The molecule has 1 atom stereocenters. The Morgan fingerprint density at radius 1 is 1.15 bits per heavy atom. The minimum absolute atomic E-state index is 0.0646. The second kappa shape index (κ2) is 8.59. The van der Waals surface area contributed by atoms with Crippen LogP contribution in [0.25, 0.3) is 0 Å². The zero-order valence-corrected chi connectivity index (χ0v) is 17.5. The SMILES string of the molecule is CSc1ccc([C@@H](C)NC(=O)c2sc(N(C)c3ccccc3)nc2C)cc1. The molecule has 1 amide bonds. The molecular formula is C21H23N3OS2. The number of carbonyl (C=O) groups excluding carboxylic acids is 1. The first kappa shape index (κ1) is 19.5. The Hall–Kier alpha value is -2.31. The van der Waals surface area contributed by atoms with Gasteiger partial charge in [0.2, 0.25) is 0 Å². The molecular weight excluding hydrogens is 374 g/mol. The fourth-order valence-corrected chi connectivity index (χ4v) is 4.10. The smallest absolute Gasteiger partial charge is 0.263 e. The van der Waals surface area contributed by atoms with Gasteiger partial charge >= 0.3 is 0 Å². The lowest BCUT2D eigenvalue weighted by Gasteiger charge is -2.15. The van der Waals surface area contributed by atoms with E-state index in [4.69, 9.17) is 0 Å². The molecule has 0 aliphatic carbocycles. The molecule has 0 spiro atoms. The lowest BCUT2D eigenvalue weighted by molar-refractivity contribution is 0.0943. The third-order valence-corrected chi connectivity index (χ3v) is 6.36. The summed E-state index contributed by atoms with van der Waals surface area (Å²) in [6.07, 6.45) is 2.05. The molecule has 27 heavy (non-hydrogen) atoms. The number of rotatable bonds is 6. The van der Waals surface area contributed by atoms with Gasteiger partial charge < -0.3 is 10.2 Å². The maximum absolute atomic E-state index is 12.8. The fourth-order valence-electron chi connectivity index (χ4n) is 2.74. The number of carbonyl (C=O) groups is 1. The van der Waals surface area contributed by atoms with Crippen molar-refractivity contribution in [3.8, 4) is 0 Å². The number of thioether (sulfide) groups is 1. The Balaban J connectivity index is 1.74. The molecule has 0 aliphatic heterocycles. The van der Waals surface area contributed by atoms with Gasteiger partial charge in [0.25, 0.3) is 5.91 Å². The van der Waals surface area contributed by atoms with Gasteiger partial charge in [0.05, 0.1) is 11.7 Å². The first-order chi connectivity index (χ1) is 13.0. The number of aryl methyl sites for hydroxylation is 1. The molecule has 3 rings (SSSR count). The molecule has 0 saturated heterocycles. The molecule has 2 aromatic carbocycles. The molecule has 0 bridgehead atoms. The van der Waals surface area contributed by atoms with E-state index >= 15 is 0 Å². The van der Waals surface area contributed by atoms with Crippen LogP contribution in [-0.2, 0) is 0 Å². The third-order valence-electron chi connectivity index (χ3n) is 4.39. The van der Waals surface area contributed by atoms with E-state index in [0.29, 0.717) is 4.88 Å². The van der Waals surface area contributed by atoms with Crippen molar-refractivity contribution < 1.29 is 4.79 Å². The van der Waals surface area contributed by atoms with Crippen LogP contribution in [0.3, 0.4) is 0 Å². The van der Waals surface area contributed by atoms with Crippen LogP contribution >= 0.6 is 23.1 Å². The number of thiazole rings is 1. The zero-order chi connectivity index (χ0) is 19.4. The number of para-hydroxylation sites is 1. The highest BCUT2D eigenvalue weighted by Gasteiger charge is 2.19. The van der Waals surface area contributed by atoms with E-state index in [9.17, 15) is 4.79 Å². The Kier molecular flexibility index (Phi) is 6.19. The monoisotopic (exact) mass is 397 g/mol. The summed E-state index contributed by atoms with van der Waals surface area (Å²) in [7, 11) is 1.96. The van der Waals surface area contributed by atoms with Gasteiger partial charge in [0, 0.05) is 17.6 Å². The summed E-state index contributed by atoms with van der Waals surface area (Å²) in [6.45, 7) is 3.88. The molecule has 4 nitrogen and oxygen atoms in total. The first-order valence-corrected chi connectivity index (χ1v) is 10.7. The fraction of sp³-hybridized carbons (Fsp3) is 0.238. The average molecular weight is 398 g/mol. The van der Waals surface area contributed by atoms with E-state index in [0.717, 1.165) is 22.1 Å². The van der Waals surface area contributed by atoms with E-state index in [1.165, 1.54) is 16.2 Å². The van der Waals surface area contributed by atoms with E-state index < -0.39 is 0 Å². The lowest BCUT2D eigenvalue weighted by Crippen LogP contribution is -2.26. The van der Waals surface area contributed by atoms with Crippen LogP contribution in [0.1, 0.15) is 33.9 Å². The highest BCUT2D eigenvalue weighted by Crippen LogP contribution is 2.30. The van der Waals surface area contributed by atoms with Crippen molar-refractivity contribution in [2.24, 2.45) is 0 Å². The summed E-state index contributed by atoms with van der Waals surface area (Å²) in [5.74, 6) is -0.0841. The third kappa shape index (κ3) is 4.51. The van der Waals surface area contributed by atoms with Crippen LogP contribution < -0.4 is 10.2 Å². The number of nitrogens with one attached hydrogen (secondary N) is 1. The van der Waals surface area contributed by atoms with Crippen molar-refractivity contribution in [1.29, 1.82) is 0 Å². The van der Waals surface area contributed by atoms with E-state index in [-0.39, 0.29) is 11.9 Å². The number of benzene rings is 2. The summed E-state index contributed by atoms with van der Waals surface area (Å²) in [6, 6.07) is 18.2. The number of nitrogens with zero attached hydrogens (tertiary/aromatic N) is 2. The van der Waals surface area contributed by atoms with Crippen LogP contribution in [0.15, 0.2) is 59.5 Å². The van der Waals surface area contributed by atoms with Crippen molar-refractivity contribution in [3.63, 3.8) is 0 Å². The van der Waals surface area contributed by atoms with E-state index in [1.807, 2.05) is 56.1 Å². The van der Waals surface area contributed by atoms with Crippen LogP contribution in [0.4, 0.5) is 10.8 Å². The molecule has 140 valence electrons.